The van der Waals surface area contributed by atoms with Crippen LogP contribution in [0, 0.1) is 12.7 Å². The summed E-state index contributed by atoms with van der Waals surface area (Å²) in [6.45, 7) is 3.76. The summed E-state index contributed by atoms with van der Waals surface area (Å²) in [5, 5.41) is 2.93. The number of para-hydroxylation sites is 1. The predicted octanol–water partition coefficient (Wildman–Crippen LogP) is 4.46. The molecule has 208 valence electrons. The number of halogens is 1. The molecule has 2 amide bonds. The normalized spacial score (nSPS) is 12.0. The summed E-state index contributed by atoms with van der Waals surface area (Å²) >= 11 is 0. The van der Waals surface area contributed by atoms with Gasteiger partial charge in [0.2, 0.25) is 21.8 Å². The van der Waals surface area contributed by atoms with E-state index in [0.717, 1.165) is 29.0 Å². The number of anilines is 1. The molecule has 0 unspecified atom stereocenters. The quantitative estimate of drug-likeness (QED) is 0.317. The third-order valence-electron chi connectivity index (χ3n) is 6.43. The minimum atomic E-state index is -3.83. The molecule has 0 bridgehead atoms. The molecule has 3 aromatic carbocycles. The van der Waals surface area contributed by atoms with Crippen LogP contribution in [0.1, 0.15) is 36.5 Å². The van der Waals surface area contributed by atoms with Crippen molar-refractivity contribution in [3.63, 3.8) is 0 Å². The van der Waals surface area contributed by atoms with Gasteiger partial charge in [0.1, 0.15) is 18.4 Å². The minimum Gasteiger partial charge on any atom is -0.354 e. The summed E-state index contributed by atoms with van der Waals surface area (Å²) in [6, 6.07) is 21.0. The number of nitrogens with one attached hydrogen (secondary N) is 1. The van der Waals surface area contributed by atoms with Crippen molar-refractivity contribution in [2.24, 2.45) is 0 Å². The molecule has 39 heavy (non-hydrogen) atoms. The Morgan fingerprint density at radius 1 is 0.923 bits per heavy atom. The SMILES string of the molecule is CCCCNC(=O)[C@@H](Cc1ccccc1)N(Cc1ccc(F)cc1)C(=O)CN(c1ccccc1C)S(C)(=O)=O. The molecule has 9 heteroatoms. The average Bonchev–Trinajstić information content (AvgIpc) is 2.91. The summed E-state index contributed by atoms with van der Waals surface area (Å²) in [6.07, 6.45) is 2.96. The van der Waals surface area contributed by atoms with E-state index in [1.54, 1.807) is 43.3 Å². The Hall–Kier alpha value is -3.72. The van der Waals surface area contributed by atoms with Crippen molar-refractivity contribution < 1.29 is 22.4 Å². The maximum absolute atomic E-state index is 14.0. The molecule has 7 nitrogen and oxygen atoms in total. The molecule has 0 aliphatic heterocycles. The number of hydrogen-bond donors (Lipinski definition) is 1. The number of nitrogens with zero attached hydrogens (tertiary/aromatic N) is 2. The highest BCUT2D eigenvalue weighted by molar-refractivity contribution is 7.92. The maximum Gasteiger partial charge on any atom is 0.244 e. The van der Waals surface area contributed by atoms with Gasteiger partial charge in [-0.25, -0.2) is 12.8 Å². The first-order chi connectivity index (χ1) is 18.6. The van der Waals surface area contributed by atoms with Crippen LogP contribution >= 0.6 is 0 Å². The number of amides is 2. The zero-order valence-electron chi connectivity index (χ0n) is 22.6. The second-order valence-corrected chi connectivity index (χ2v) is 11.5. The summed E-state index contributed by atoms with van der Waals surface area (Å²) < 4.78 is 40.4. The summed E-state index contributed by atoms with van der Waals surface area (Å²) in [4.78, 5) is 28.9. The molecule has 0 aromatic heterocycles. The first-order valence-electron chi connectivity index (χ1n) is 13.0. The Labute approximate surface area is 230 Å². The average molecular weight is 554 g/mol. The lowest BCUT2D eigenvalue weighted by molar-refractivity contribution is -0.140. The van der Waals surface area contributed by atoms with Gasteiger partial charge in [0.25, 0.3) is 0 Å². The molecule has 3 aromatic rings. The van der Waals surface area contributed by atoms with Crippen molar-refractivity contribution in [2.75, 3.05) is 23.7 Å². The molecule has 0 aliphatic rings. The van der Waals surface area contributed by atoms with Gasteiger partial charge in [0.15, 0.2) is 0 Å². The van der Waals surface area contributed by atoms with Crippen molar-refractivity contribution >= 4 is 27.5 Å². The van der Waals surface area contributed by atoms with Crippen LogP contribution in [0.25, 0.3) is 0 Å². The lowest BCUT2D eigenvalue weighted by atomic mass is 10.0. The fraction of sp³-hybridized carbons (Fsp3) is 0.333. The number of carbonyl (C=O) groups is 2. The Morgan fingerprint density at radius 3 is 2.18 bits per heavy atom. The van der Waals surface area contributed by atoms with Crippen LogP contribution in [0.3, 0.4) is 0 Å². The number of carbonyl (C=O) groups excluding carboxylic acids is 2. The van der Waals surface area contributed by atoms with Gasteiger partial charge >= 0.3 is 0 Å². The lowest BCUT2D eigenvalue weighted by Gasteiger charge is -2.33. The molecule has 0 spiro atoms. The van der Waals surface area contributed by atoms with E-state index in [9.17, 15) is 22.4 Å². The van der Waals surface area contributed by atoms with Crippen LogP contribution in [0.2, 0.25) is 0 Å². The number of unbranched alkanes of at least 4 members (excludes halogenated alkanes) is 1. The summed E-state index contributed by atoms with van der Waals surface area (Å²) in [5.41, 5.74) is 2.55. The van der Waals surface area contributed by atoms with Crippen LogP contribution < -0.4 is 9.62 Å². The van der Waals surface area contributed by atoms with Gasteiger partial charge in [-0.1, -0.05) is 74.0 Å². The van der Waals surface area contributed by atoms with Crippen LogP contribution in [0.15, 0.2) is 78.9 Å². The highest BCUT2D eigenvalue weighted by Gasteiger charge is 2.33. The molecule has 0 aliphatic carbocycles. The number of benzene rings is 3. The van der Waals surface area contributed by atoms with Crippen molar-refractivity contribution in [1.82, 2.24) is 10.2 Å². The Morgan fingerprint density at radius 2 is 1.56 bits per heavy atom. The summed E-state index contributed by atoms with van der Waals surface area (Å²) in [7, 11) is -3.83. The van der Waals surface area contributed by atoms with E-state index >= 15 is 0 Å². The third-order valence-corrected chi connectivity index (χ3v) is 7.56. The van der Waals surface area contributed by atoms with Crippen LogP contribution in [-0.4, -0.2) is 50.5 Å². The van der Waals surface area contributed by atoms with Gasteiger partial charge in [-0.3, -0.25) is 13.9 Å². The van der Waals surface area contributed by atoms with E-state index in [1.807, 2.05) is 37.3 Å². The van der Waals surface area contributed by atoms with E-state index in [0.29, 0.717) is 23.4 Å². The minimum absolute atomic E-state index is 0.00316. The first-order valence-corrected chi connectivity index (χ1v) is 14.8. The fourth-order valence-electron chi connectivity index (χ4n) is 4.28. The van der Waals surface area contributed by atoms with E-state index in [4.69, 9.17) is 0 Å². The zero-order valence-corrected chi connectivity index (χ0v) is 23.5. The van der Waals surface area contributed by atoms with Crippen molar-refractivity contribution in [2.45, 2.75) is 45.7 Å². The standard InChI is InChI=1S/C30H36FN3O4S/c1-4-5-19-32-30(36)28(20-24-12-7-6-8-13-24)33(21-25-15-17-26(31)18-16-25)29(35)22-34(39(3,37)38)27-14-10-9-11-23(27)2/h6-18,28H,4-5,19-22H2,1-3H3,(H,32,36)/t28-/m1/s1. The highest BCUT2D eigenvalue weighted by atomic mass is 32.2. The topological polar surface area (TPSA) is 86.8 Å². The van der Waals surface area contributed by atoms with Gasteiger partial charge in [-0.05, 0) is 48.2 Å². The first kappa shape index (κ1) is 29.8. The lowest BCUT2D eigenvalue weighted by Crippen LogP contribution is -2.53. The van der Waals surface area contributed by atoms with E-state index < -0.39 is 34.3 Å². The summed E-state index contributed by atoms with van der Waals surface area (Å²) in [5.74, 6) is -1.29. The molecule has 1 N–H and O–H groups in total. The highest BCUT2D eigenvalue weighted by Crippen LogP contribution is 2.23. The largest absolute Gasteiger partial charge is 0.354 e. The van der Waals surface area contributed by atoms with Crippen molar-refractivity contribution in [3.05, 3.63) is 101 Å². The monoisotopic (exact) mass is 553 g/mol. The molecule has 0 radical (unpaired) electrons. The molecule has 0 heterocycles. The Kier molecular flexibility index (Phi) is 10.6. The van der Waals surface area contributed by atoms with Crippen molar-refractivity contribution in [1.29, 1.82) is 0 Å². The molecule has 1 atom stereocenters. The van der Waals surface area contributed by atoms with E-state index in [-0.39, 0.29) is 18.9 Å². The number of sulfonamides is 1. The number of hydrogen-bond acceptors (Lipinski definition) is 4. The van der Waals surface area contributed by atoms with Gasteiger partial charge in [0, 0.05) is 19.5 Å². The molecule has 0 saturated heterocycles. The molecule has 0 saturated carbocycles. The second kappa shape index (κ2) is 13.9. The van der Waals surface area contributed by atoms with Gasteiger partial charge in [-0.2, -0.15) is 0 Å². The Balaban J connectivity index is 2.03. The van der Waals surface area contributed by atoms with Gasteiger partial charge < -0.3 is 10.2 Å². The van der Waals surface area contributed by atoms with Crippen LogP contribution in [0.4, 0.5) is 10.1 Å². The maximum atomic E-state index is 14.0. The van der Waals surface area contributed by atoms with Gasteiger partial charge in [0.05, 0.1) is 11.9 Å². The molecule has 0 fully saturated rings. The van der Waals surface area contributed by atoms with Crippen molar-refractivity contribution in [3.8, 4) is 0 Å². The third kappa shape index (κ3) is 8.64. The number of rotatable bonds is 13. The number of aryl methyl sites for hydroxylation is 1. The molecular weight excluding hydrogens is 517 g/mol. The van der Waals surface area contributed by atoms with E-state index in [2.05, 4.69) is 5.32 Å². The second-order valence-electron chi connectivity index (χ2n) is 9.55. The van der Waals surface area contributed by atoms with Crippen LogP contribution in [0.5, 0.6) is 0 Å². The predicted molar refractivity (Wildman–Crippen MR) is 152 cm³/mol. The smallest absolute Gasteiger partial charge is 0.244 e. The fourth-order valence-corrected chi connectivity index (χ4v) is 5.19. The van der Waals surface area contributed by atoms with E-state index in [1.165, 1.54) is 17.0 Å². The molecule has 3 rings (SSSR count). The zero-order chi connectivity index (χ0) is 28.4. The molecular formula is C30H36FN3O4S. The Bertz CT molecular complexity index is 1350. The van der Waals surface area contributed by atoms with Crippen LogP contribution in [-0.2, 0) is 32.6 Å². The van der Waals surface area contributed by atoms with Gasteiger partial charge in [-0.15, -0.1) is 0 Å².